The largest absolute Gasteiger partial charge is 0.467 e. The smallest absolute Gasteiger partial charge is 0.234 e. The summed E-state index contributed by atoms with van der Waals surface area (Å²) in [5.41, 5.74) is 2.01. The van der Waals surface area contributed by atoms with Gasteiger partial charge in [0.2, 0.25) is 5.91 Å². The van der Waals surface area contributed by atoms with Crippen molar-refractivity contribution in [3.63, 3.8) is 0 Å². The van der Waals surface area contributed by atoms with Gasteiger partial charge in [0, 0.05) is 11.4 Å². The molecule has 0 unspecified atom stereocenters. The zero-order valence-electron chi connectivity index (χ0n) is 16.1. The van der Waals surface area contributed by atoms with Crippen LogP contribution in [0.3, 0.4) is 0 Å². The molecule has 4 heteroatoms. The number of amides is 1. The number of benzene rings is 2. The van der Waals surface area contributed by atoms with Gasteiger partial charge in [0.25, 0.3) is 0 Å². The van der Waals surface area contributed by atoms with Crippen molar-refractivity contribution in [3.8, 4) is 0 Å². The Morgan fingerprint density at radius 3 is 2.10 bits per heavy atom. The summed E-state index contributed by atoms with van der Waals surface area (Å²) in [6, 6.07) is 28.0. The van der Waals surface area contributed by atoms with E-state index in [-0.39, 0.29) is 11.8 Å². The van der Waals surface area contributed by atoms with E-state index in [1.54, 1.807) is 17.6 Å². The highest BCUT2D eigenvalue weighted by Gasteiger charge is 2.28. The molecule has 3 nitrogen and oxygen atoms in total. The molecule has 0 N–H and O–H groups in total. The van der Waals surface area contributed by atoms with Gasteiger partial charge in [0.15, 0.2) is 0 Å². The normalized spacial score (nSPS) is 10.9. The van der Waals surface area contributed by atoms with Gasteiger partial charge in [0.05, 0.1) is 18.7 Å². The minimum Gasteiger partial charge on any atom is -0.467 e. The molecule has 4 rings (SSSR count). The maximum Gasteiger partial charge on any atom is 0.234 e. The van der Waals surface area contributed by atoms with Gasteiger partial charge >= 0.3 is 0 Å². The number of furan rings is 1. The van der Waals surface area contributed by atoms with Gasteiger partial charge in [0.1, 0.15) is 5.76 Å². The van der Waals surface area contributed by atoms with Crippen LogP contribution in [0.4, 0.5) is 0 Å². The highest BCUT2D eigenvalue weighted by Crippen LogP contribution is 2.28. The molecular formula is C25H23NO2S. The van der Waals surface area contributed by atoms with Crippen LogP contribution in [0.25, 0.3) is 0 Å². The lowest BCUT2D eigenvalue weighted by Crippen LogP contribution is -2.36. The molecule has 2 aromatic heterocycles. The molecule has 29 heavy (non-hydrogen) atoms. The van der Waals surface area contributed by atoms with Crippen molar-refractivity contribution in [2.24, 2.45) is 0 Å². The third kappa shape index (κ3) is 4.84. The lowest BCUT2D eigenvalue weighted by atomic mass is 9.90. The highest BCUT2D eigenvalue weighted by molar-refractivity contribution is 7.09. The maximum atomic E-state index is 13.8. The minimum atomic E-state index is -0.337. The Hall–Kier alpha value is -3.11. The molecule has 0 saturated carbocycles. The van der Waals surface area contributed by atoms with Gasteiger partial charge in [-0.3, -0.25) is 4.79 Å². The molecule has 0 aliphatic rings. The van der Waals surface area contributed by atoms with Crippen LogP contribution in [0.15, 0.2) is 101 Å². The first-order valence-electron chi connectivity index (χ1n) is 9.75. The van der Waals surface area contributed by atoms with Gasteiger partial charge in [-0.1, -0.05) is 66.7 Å². The summed E-state index contributed by atoms with van der Waals surface area (Å²) in [7, 11) is 0. The standard InChI is InChI=1S/C25H23NO2S/c27-25(24(20-9-3-1-4-10-20)21-11-5-2-6-12-21)26(19-22-13-7-17-28-22)16-15-23-14-8-18-29-23/h1-14,17-18,24H,15-16,19H2. The van der Waals surface area contributed by atoms with E-state index >= 15 is 0 Å². The first-order valence-corrected chi connectivity index (χ1v) is 10.6. The predicted octanol–water partition coefficient (Wildman–Crippen LogP) is 5.74. The van der Waals surface area contributed by atoms with Crippen molar-refractivity contribution in [2.75, 3.05) is 6.54 Å². The van der Waals surface area contributed by atoms with Gasteiger partial charge in [-0.25, -0.2) is 0 Å². The van der Waals surface area contributed by atoms with Gasteiger partial charge in [-0.2, -0.15) is 0 Å². The molecule has 1 amide bonds. The van der Waals surface area contributed by atoms with Crippen molar-refractivity contribution in [1.29, 1.82) is 0 Å². The average Bonchev–Trinajstić information content (AvgIpc) is 3.47. The van der Waals surface area contributed by atoms with E-state index in [1.807, 2.05) is 77.7 Å². The number of nitrogens with zero attached hydrogens (tertiary/aromatic N) is 1. The summed E-state index contributed by atoms with van der Waals surface area (Å²) in [5, 5.41) is 2.07. The summed E-state index contributed by atoms with van der Waals surface area (Å²) >= 11 is 1.72. The molecule has 0 spiro atoms. The van der Waals surface area contributed by atoms with Crippen LogP contribution in [-0.4, -0.2) is 17.4 Å². The van der Waals surface area contributed by atoms with Crippen molar-refractivity contribution in [2.45, 2.75) is 18.9 Å². The Bertz CT molecular complexity index is 956. The van der Waals surface area contributed by atoms with Crippen LogP contribution in [0, 0.1) is 0 Å². The zero-order valence-corrected chi connectivity index (χ0v) is 16.9. The Kier molecular flexibility index (Phi) is 6.22. The lowest BCUT2D eigenvalue weighted by Gasteiger charge is -2.27. The summed E-state index contributed by atoms with van der Waals surface area (Å²) in [4.78, 5) is 17.0. The molecule has 0 aliphatic heterocycles. The van der Waals surface area contributed by atoms with Crippen molar-refractivity contribution in [3.05, 3.63) is 118 Å². The fourth-order valence-electron chi connectivity index (χ4n) is 3.51. The van der Waals surface area contributed by atoms with E-state index in [0.29, 0.717) is 13.1 Å². The van der Waals surface area contributed by atoms with Crippen molar-refractivity contribution >= 4 is 17.2 Å². The predicted molar refractivity (Wildman–Crippen MR) is 117 cm³/mol. The molecule has 0 saturated heterocycles. The Labute approximate surface area is 175 Å². The quantitative estimate of drug-likeness (QED) is 0.377. The Morgan fingerprint density at radius 2 is 1.55 bits per heavy atom. The first kappa shape index (κ1) is 19.2. The Balaban J connectivity index is 1.65. The summed E-state index contributed by atoms with van der Waals surface area (Å²) in [5.74, 6) is 0.551. The van der Waals surface area contributed by atoms with Crippen LogP contribution >= 0.6 is 11.3 Å². The summed E-state index contributed by atoms with van der Waals surface area (Å²) in [6.07, 6.45) is 2.49. The third-order valence-electron chi connectivity index (χ3n) is 4.96. The number of carbonyl (C=O) groups excluding carboxylic acids is 1. The van der Waals surface area contributed by atoms with Crippen molar-refractivity contribution in [1.82, 2.24) is 4.90 Å². The second-order valence-electron chi connectivity index (χ2n) is 6.92. The summed E-state index contributed by atoms with van der Waals surface area (Å²) < 4.78 is 5.55. The number of thiophene rings is 1. The highest BCUT2D eigenvalue weighted by atomic mass is 32.1. The van der Waals surface area contributed by atoms with E-state index in [0.717, 1.165) is 23.3 Å². The topological polar surface area (TPSA) is 33.5 Å². The molecule has 2 aromatic carbocycles. The van der Waals surface area contributed by atoms with Crippen LogP contribution in [0.2, 0.25) is 0 Å². The van der Waals surface area contributed by atoms with Crippen molar-refractivity contribution < 1.29 is 9.21 Å². The molecule has 0 radical (unpaired) electrons. The minimum absolute atomic E-state index is 0.0929. The van der Waals surface area contributed by atoms with E-state index in [2.05, 4.69) is 17.5 Å². The average molecular weight is 402 g/mol. The SMILES string of the molecule is O=C(C(c1ccccc1)c1ccccc1)N(CCc1cccs1)Cc1ccco1. The van der Waals surface area contributed by atoms with E-state index in [9.17, 15) is 4.79 Å². The maximum absolute atomic E-state index is 13.8. The number of hydrogen-bond donors (Lipinski definition) is 0. The van der Waals surface area contributed by atoms with Crippen LogP contribution in [-0.2, 0) is 17.8 Å². The number of carbonyl (C=O) groups is 1. The fraction of sp³-hybridized carbons (Fsp3) is 0.160. The molecule has 0 fully saturated rings. The van der Waals surface area contributed by atoms with Crippen LogP contribution in [0.5, 0.6) is 0 Å². The summed E-state index contributed by atoms with van der Waals surface area (Å²) in [6.45, 7) is 1.11. The number of rotatable bonds is 8. The third-order valence-corrected chi connectivity index (χ3v) is 5.90. The van der Waals surface area contributed by atoms with E-state index < -0.39 is 0 Å². The second-order valence-corrected chi connectivity index (χ2v) is 7.96. The fourth-order valence-corrected chi connectivity index (χ4v) is 4.21. The molecule has 0 atom stereocenters. The molecule has 0 aliphatic carbocycles. The molecule has 0 bridgehead atoms. The van der Waals surface area contributed by atoms with Gasteiger partial charge < -0.3 is 9.32 Å². The molecular weight excluding hydrogens is 378 g/mol. The van der Waals surface area contributed by atoms with Crippen LogP contribution in [0.1, 0.15) is 27.7 Å². The van der Waals surface area contributed by atoms with Crippen LogP contribution < -0.4 is 0 Å². The zero-order chi connectivity index (χ0) is 19.9. The molecule has 2 heterocycles. The second kappa shape index (κ2) is 9.39. The van der Waals surface area contributed by atoms with Gasteiger partial charge in [-0.05, 0) is 41.1 Å². The molecule has 4 aromatic rings. The van der Waals surface area contributed by atoms with E-state index in [4.69, 9.17) is 4.42 Å². The number of hydrogen-bond acceptors (Lipinski definition) is 3. The van der Waals surface area contributed by atoms with Gasteiger partial charge in [-0.15, -0.1) is 11.3 Å². The first-order chi connectivity index (χ1) is 14.3. The molecule has 146 valence electrons. The Morgan fingerprint density at radius 1 is 0.862 bits per heavy atom. The van der Waals surface area contributed by atoms with E-state index in [1.165, 1.54) is 4.88 Å². The lowest BCUT2D eigenvalue weighted by molar-refractivity contribution is -0.132. The monoisotopic (exact) mass is 401 g/mol.